The van der Waals surface area contributed by atoms with Crippen LogP contribution in [0.15, 0.2) is 53.0 Å². The van der Waals surface area contributed by atoms with E-state index in [0.29, 0.717) is 24.5 Å². The van der Waals surface area contributed by atoms with E-state index in [-0.39, 0.29) is 5.91 Å². The average Bonchev–Trinajstić information content (AvgIpc) is 2.51. The monoisotopic (exact) mass is 349 g/mol. The molecule has 0 radical (unpaired) electrons. The molecule has 0 fully saturated rings. The second kappa shape index (κ2) is 7.69. The van der Waals surface area contributed by atoms with Gasteiger partial charge in [-0.3, -0.25) is 4.79 Å². The van der Waals surface area contributed by atoms with Gasteiger partial charge in [0.25, 0.3) is 5.91 Å². The Morgan fingerprint density at radius 3 is 2.67 bits per heavy atom. The predicted molar refractivity (Wildman–Crippen MR) is 85.0 cm³/mol. The van der Waals surface area contributed by atoms with Crippen molar-refractivity contribution >= 4 is 21.8 Å². The van der Waals surface area contributed by atoms with Crippen molar-refractivity contribution in [1.29, 1.82) is 0 Å². The number of halogens is 1. The maximum atomic E-state index is 11.9. The molecule has 0 unspecified atom stereocenters. The average molecular weight is 350 g/mol. The smallest absolute Gasteiger partial charge is 0.251 e. The number of amides is 1. The Morgan fingerprint density at radius 2 is 1.90 bits per heavy atom. The summed E-state index contributed by atoms with van der Waals surface area (Å²) in [7, 11) is 1.57. The zero-order chi connectivity index (χ0) is 15.1. The molecule has 2 aromatic carbocycles. The van der Waals surface area contributed by atoms with Crippen LogP contribution in [0, 0.1) is 0 Å². The lowest BCUT2D eigenvalue weighted by Crippen LogP contribution is -2.28. The summed E-state index contributed by atoms with van der Waals surface area (Å²) in [5.74, 6) is 1.28. The molecule has 0 heterocycles. The summed E-state index contributed by atoms with van der Waals surface area (Å²) in [6.07, 6.45) is 0. The van der Waals surface area contributed by atoms with E-state index in [9.17, 15) is 4.79 Å². The highest BCUT2D eigenvalue weighted by atomic mass is 79.9. The summed E-state index contributed by atoms with van der Waals surface area (Å²) in [6, 6.07) is 14.6. The van der Waals surface area contributed by atoms with Crippen molar-refractivity contribution in [1.82, 2.24) is 5.32 Å². The van der Waals surface area contributed by atoms with Crippen LogP contribution < -0.4 is 14.8 Å². The largest absolute Gasteiger partial charge is 0.497 e. The van der Waals surface area contributed by atoms with Crippen molar-refractivity contribution < 1.29 is 14.3 Å². The maximum absolute atomic E-state index is 11.9. The van der Waals surface area contributed by atoms with E-state index in [2.05, 4.69) is 21.2 Å². The van der Waals surface area contributed by atoms with Crippen LogP contribution >= 0.6 is 15.9 Å². The normalized spacial score (nSPS) is 10.0. The highest BCUT2D eigenvalue weighted by Gasteiger charge is 2.05. The number of carbonyl (C=O) groups is 1. The molecule has 0 aliphatic rings. The minimum absolute atomic E-state index is 0.147. The number of methoxy groups -OCH3 is 1. The van der Waals surface area contributed by atoms with Crippen LogP contribution in [0.1, 0.15) is 10.4 Å². The lowest BCUT2D eigenvalue weighted by Gasteiger charge is -2.08. The van der Waals surface area contributed by atoms with Crippen molar-refractivity contribution in [2.45, 2.75) is 0 Å². The minimum atomic E-state index is -0.147. The topological polar surface area (TPSA) is 47.6 Å². The molecule has 0 saturated heterocycles. The second-order valence-electron chi connectivity index (χ2n) is 4.29. The SMILES string of the molecule is COc1cccc(C(=O)NCCOc2cccc(Br)c2)c1. The first kappa shape index (κ1) is 15.4. The molecule has 0 bridgehead atoms. The molecule has 21 heavy (non-hydrogen) atoms. The van der Waals surface area contributed by atoms with Gasteiger partial charge in [-0.1, -0.05) is 28.1 Å². The van der Waals surface area contributed by atoms with Crippen molar-refractivity contribution in [2.75, 3.05) is 20.3 Å². The maximum Gasteiger partial charge on any atom is 0.251 e. The van der Waals surface area contributed by atoms with Crippen LogP contribution in [0.2, 0.25) is 0 Å². The number of rotatable bonds is 6. The van der Waals surface area contributed by atoms with Gasteiger partial charge in [-0.15, -0.1) is 0 Å². The first-order valence-corrected chi connectivity index (χ1v) is 7.29. The molecular weight excluding hydrogens is 334 g/mol. The summed E-state index contributed by atoms with van der Waals surface area (Å²) in [5, 5.41) is 2.80. The van der Waals surface area contributed by atoms with Crippen molar-refractivity contribution in [3.8, 4) is 11.5 Å². The Balaban J connectivity index is 1.79. The van der Waals surface area contributed by atoms with Crippen molar-refractivity contribution in [3.05, 3.63) is 58.6 Å². The molecule has 2 aromatic rings. The number of nitrogens with one attached hydrogen (secondary N) is 1. The zero-order valence-electron chi connectivity index (χ0n) is 11.6. The summed E-state index contributed by atoms with van der Waals surface area (Å²) in [6.45, 7) is 0.842. The Kier molecular flexibility index (Phi) is 5.63. The number of ether oxygens (including phenoxy) is 2. The predicted octanol–water partition coefficient (Wildman–Crippen LogP) is 3.27. The molecule has 0 spiro atoms. The fraction of sp³-hybridized carbons (Fsp3) is 0.188. The summed E-state index contributed by atoms with van der Waals surface area (Å²) in [5.41, 5.74) is 0.566. The van der Waals surface area contributed by atoms with E-state index < -0.39 is 0 Å². The molecule has 4 nitrogen and oxygen atoms in total. The van der Waals surface area contributed by atoms with Crippen molar-refractivity contribution in [2.24, 2.45) is 0 Å². The summed E-state index contributed by atoms with van der Waals surface area (Å²) >= 11 is 3.38. The van der Waals surface area contributed by atoms with Gasteiger partial charge in [0.05, 0.1) is 13.7 Å². The molecule has 1 N–H and O–H groups in total. The van der Waals surface area contributed by atoms with Gasteiger partial charge in [-0.05, 0) is 36.4 Å². The van der Waals surface area contributed by atoms with Gasteiger partial charge in [-0.25, -0.2) is 0 Å². The lowest BCUT2D eigenvalue weighted by molar-refractivity contribution is 0.0946. The molecule has 0 aliphatic heterocycles. The van der Waals surface area contributed by atoms with Crippen LogP contribution in [-0.4, -0.2) is 26.2 Å². The second-order valence-corrected chi connectivity index (χ2v) is 5.21. The Hall–Kier alpha value is -2.01. The molecule has 110 valence electrons. The first-order chi connectivity index (χ1) is 10.2. The van der Waals surface area contributed by atoms with Gasteiger partial charge in [0.1, 0.15) is 18.1 Å². The van der Waals surface area contributed by atoms with E-state index in [0.717, 1.165) is 10.2 Å². The summed E-state index contributed by atoms with van der Waals surface area (Å²) < 4.78 is 11.6. The zero-order valence-corrected chi connectivity index (χ0v) is 13.2. The third kappa shape index (κ3) is 4.79. The molecule has 0 aliphatic carbocycles. The fourth-order valence-corrected chi connectivity index (χ4v) is 2.13. The Labute approximate surface area is 132 Å². The van der Waals surface area contributed by atoms with Crippen LogP contribution in [0.3, 0.4) is 0 Å². The quantitative estimate of drug-likeness (QED) is 0.814. The highest BCUT2D eigenvalue weighted by molar-refractivity contribution is 9.10. The number of carbonyl (C=O) groups excluding carboxylic acids is 1. The van der Waals surface area contributed by atoms with Crippen LogP contribution in [-0.2, 0) is 0 Å². The van der Waals surface area contributed by atoms with Crippen LogP contribution in [0.5, 0.6) is 11.5 Å². The van der Waals surface area contributed by atoms with Crippen LogP contribution in [0.4, 0.5) is 0 Å². The van der Waals surface area contributed by atoms with Gasteiger partial charge in [0.2, 0.25) is 0 Å². The number of hydrogen-bond donors (Lipinski definition) is 1. The standard InChI is InChI=1S/C16H16BrNO3/c1-20-14-6-2-4-12(10-14)16(19)18-8-9-21-15-7-3-5-13(17)11-15/h2-7,10-11H,8-9H2,1H3,(H,18,19). The van der Waals surface area contributed by atoms with Crippen molar-refractivity contribution in [3.63, 3.8) is 0 Å². The Bertz CT molecular complexity index is 616. The fourth-order valence-electron chi connectivity index (χ4n) is 1.76. The van der Waals surface area contributed by atoms with Gasteiger partial charge >= 0.3 is 0 Å². The highest BCUT2D eigenvalue weighted by Crippen LogP contribution is 2.17. The molecule has 2 rings (SSSR count). The van der Waals surface area contributed by atoms with E-state index in [1.807, 2.05) is 24.3 Å². The molecular formula is C16H16BrNO3. The molecule has 5 heteroatoms. The molecule has 0 saturated carbocycles. The van der Waals surface area contributed by atoms with E-state index in [1.165, 1.54) is 0 Å². The molecule has 0 aromatic heterocycles. The number of benzene rings is 2. The van der Waals surface area contributed by atoms with Gasteiger partial charge in [0, 0.05) is 10.0 Å². The molecule has 0 atom stereocenters. The van der Waals surface area contributed by atoms with Gasteiger partial charge in [0.15, 0.2) is 0 Å². The van der Waals surface area contributed by atoms with Crippen LogP contribution in [0.25, 0.3) is 0 Å². The Morgan fingerprint density at radius 1 is 1.14 bits per heavy atom. The first-order valence-electron chi connectivity index (χ1n) is 6.49. The third-order valence-corrected chi connectivity index (χ3v) is 3.28. The minimum Gasteiger partial charge on any atom is -0.497 e. The van der Waals surface area contributed by atoms with E-state index in [1.54, 1.807) is 31.4 Å². The van der Waals surface area contributed by atoms with Gasteiger partial charge in [-0.2, -0.15) is 0 Å². The molecule has 1 amide bonds. The number of hydrogen-bond acceptors (Lipinski definition) is 3. The lowest BCUT2D eigenvalue weighted by atomic mass is 10.2. The van der Waals surface area contributed by atoms with E-state index >= 15 is 0 Å². The van der Waals surface area contributed by atoms with Gasteiger partial charge < -0.3 is 14.8 Å². The van der Waals surface area contributed by atoms with E-state index in [4.69, 9.17) is 9.47 Å². The third-order valence-electron chi connectivity index (χ3n) is 2.78. The summed E-state index contributed by atoms with van der Waals surface area (Å²) in [4.78, 5) is 11.9.